The number of amides is 1. The van der Waals surface area contributed by atoms with Crippen LogP contribution in [0.3, 0.4) is 0 Å². The van der Waals surface area contributed by atoms with Crippen LogP contribution >= 0.6 is 11.6 Å². The molecule has 1 aliphatic rings. The number of aryl methyl sites for hydroxylation is 1. The Balaban J connectivity index is 1.56. The van der Waals surface area contributed by atoms with Crippen molar-refractivity contribution in [2.75, 3.05) is 11.4 Å². The predicted octanol–water partition coefficient (Wildman–Crippen LogP) is 4.33. The van der Waals surface area contributed by atoms with Crippen molar-refractivity contribution in [2.24, 2.45) is 0 Å². The number of hydrogen-bond donors (Lipinski definition) is 1. The predicted molar refractivity (Wildman–Crippen MR) is 118 cm³/mol. The van der Waals surface area contributed by atoms with Gasteiger partial charge in [0.25, 0.3) is 5.91 Å². The van der Waals surface area contributed by atoms with Crippen LogP contribution in [0.1, 0.15) is 27.0 Å². The maximum atomic E-state index is 13.1. The fraction of sp³-hybridized carbons (Fsp3) is 0.174. The molecule has 0 unspecified atom stereocenters. The van der Waals surface area contributed by atoms with Gasteiger partial charge in [0, 0.05) is 24.3 Å². The highest BCUT2D eigenvalue weighted by Crippen LogP contribution is 2.31. The third-order valence-electron chi connectivity index (χ3n) is 5.26. The topological polar surface area (TPSA) is 66.5 Å². The third-order valence-corrected chi connectivity index (χ3v) is 7.16. The van der Waals surface area contributed by atoms with E-state index in [2.05, 4.69) is 4.72 Å². The number of hydrogen-bond acceptors (Lipinski definition) is 3. The molecule has 0 saturated carbocycles. The average molecular weight is 441 g/mol. The molecule has 0 spiro atoms. The maximum Gasteiger partial charge on any atom is 0.258 e. The molecule has 4 rings (SSSR count). The van der Waals surface area contributed by atoms with Crippen molar-refractivity contribution in [3.8, 4) is 0 Å². The number of carbonyl (C=O) groups excluding carboxylic acids is 1. The molecule has 0 atom stereocenters. The molecule has 30 heavy (non-hydrogen) atoms. The minimum absolute atomic E-state index is 0.0411. The first-order valence-electron chi connectivity index (χ1n) is 9.60. The van der Waals surface area contributed by atoms with Crippen LogP contribution in [0, 0.1) is 6.92 Å². The minimum atomic E-state index is -3.74. The van der Waals surface area contributed by atoms with Gasteiger partial charge in [-0.2, -0.15) is 0 Å². The Bertz CT molecular complexity index is 1220. The maximum absolute atomic E-state index is 13.1. The van der Waals surface area contributed by atoms with Crippen LogP contribution in [0.2, 0.25) is 5.02 Å². The van der Waals surface area contributed by atoms with E-state index in [4.69, 9.17) is 11.6 Å². The molecule has 5 nitrogen and oxygen atoms in total. The highest BCUT2D eigenvalue weighted by Gasteiger charge is 2.27. The first kappa shape index (κ1) is 20.6. The van der Waals surface area contributed by atoms with Crippen molar-refractivity contribution < 1.29 is 13.2 Å². The van der Waals surface area contributed by atoms with Gasteiger partial charge in [-0.15, -0.1) is 0 Å². The number of rotatable bonds is 5. The van der Waals surface area contributed by atoms with E-state index in [0.29, 0.717) is 12.1 Å². The number of anilines is 1. The Morgan fingerprint density at radius 2 is 1.80 bits per heavy atom. The smallest absolute Gasteiger partial charge is 0.258 e. The molecule has 1 aliphatic heterocycles. The van der Waals surface area contributed by atoms with Crippen LogP contribution < -0.4 is 9.62 Å². The fourth-order valence-electron chi connectivity index (χ4n) is 3.62. The van der Waals surface area contributed by atoms with Crippen LogP contribution in [0.15, 0.2) is 71.6 Å². The van der Waals surface area contributed by atoms with Crippen LogP contribution in [0.5, 0.6) is 0 Å². The van der Waals surface area contributed by atoms with E-state index < -0.39 is 10.0 Å². The third kappa shape index (κ3) is 3.99. The largest absolute Gasteiger partial charge is 0.308 e. The molecule has 1 amide bonds. The van der Waals surface area contributed by atoms with Gasteiger partial charge in [-0.1, -0.05) is 54.1 Å². The van der Waals surface area contributed by atoms with Gasteiger partial charge in [0.2, 0.25) is 10.0 Å². The number of nitrogens with one attached hydrogen (secondary N) is 1. The zero-order valence-electron chi connectivity index (χ0n) is 16.4. The average Bonchev–Trinajstić information content (AvgIpc) is 3.16. The standard InChI is InChI=1S/C23H21ClN2O3S/c1-16-6-2-3-7-19(16)23(27)26-13-12-18-11-10-17(14-21(18)26)15-25-30(28,29)22-9-5-4-8-20(22)24/h2-11,14,25H,12-13,15H2,1H3. The second-order valence-electron chi connectivity index (χ2n) is 7.24. The van der Waals surface area contributed by atoms with Crippen LogP contribution in [-0.2, 0) is 23.0 Å². The highest BCUT2D eigenvalue weighted by atomic mass is 35.5. The molecule has 0 radical (unpaired) electrons. The van der Waals surface area contributed by atoms with Gasteiger partial charge in [-0.25, -0.2) is 13.1 Å². The molecule has 1 N–H and O–H groups in total. The molecule has 7 heteroatoms. The summed E-state index contributed by atoms with van der Waals surface area (Å²) in [7, 11) is -3.74. The summed E-state index contributed by atoms with van der Waals surface area (Å²) in [4.78, 5) is 14.9. The lowest BCUT2D eigenvalue weighted by Gasteiger charge is -2.19. The number of carbonyl (C=O) groups is 1. The second kappa shape index (κ2) is 8.22. The fourth-order valence-corrected chi connectivity index (χ4v) is 5.16. The second-order valence-corrected chi connectivity index (χ2v) is 9.38. The van der Waals surface area contributed by atoms with Crippen LogP contribution in [0.25, 0.3) is 0 Å². The summed E-state index contributed by atoms with van der Waals surface area (Å²) in [5.41, 5.74) is 4.29. The lowest BCUT2D eigenvalue weighted by atomic mass is 10.1. The normalized spacial score (nSPS) is 13.3. The van der Waals surface area contributed by atoms with E-state index in [-0.39, 0.29) is 22.4 Å². The van der Waals surface area contributed by atoms with Crippen molar-refractivity contribution in [2.45, 2.75) is 24.8 Å². The summed E-state index contributed by atoms with van der Waals surface area (Å²) in [5, 5.41) is 0.175. The molecule has 0 saturated heterocycles. The molecule has 3 aromatic rings. The molecule has 3 aromatic carbocycles. The Labute approximate surface area is 181 Å². The first-order chi connectivity index (χ1) is 14.4. The van der Waals surface area contributed by atoms with Crippen molar-refractivity contribution >= 4 is 33.2 Å². The first-order valence-corrected chi connectivity index (χ1v) is 11.5. The molecular weight excluding hydrogens is 420 g/mol. The zero-order chi connectivity index (χ0) is 21.3. The summed E-state index contributed by atoms with van der Waals surface area (Å²) in [6, 6.07) is 19.6. The monoisotopic (exact) mass is 440 g/mol. The summed E-state index contributed by atoms with van der Waals surface area (Å²) < 4.78 is 27.8. The molecule has 0 fully saturated rings. The summed E-state index contributed by atoms with van der Waals surface area (Å²) in [6.07, 6.45) is 0.776. The van der Waals surface area contributed by atoms with Crippen molar-refractivity contribution in [3.63, 3.8) is 0 Å². The number of sulfonamides is 1. The highest BCUT2D eigenvalue weighted by molar-refractivity contribution is 7.89. The molecule has 154 valence electrons. The van der Waals surface area contributed by atoms with Gasteiger partial charge in [0.05, 0.1) is 5.02 Å². The van der Waals surface area contributed by atoms with Crippen molar-refractivity contribution in [3.05, 3.63) is 94.0 Å². The Morgan fingerprint density at radius 3 is 2.57 bits per heavy atom. The van der Waals surface area contributed by atoms with Crippen LogP contribution in [-0.4, -0.2) is 20.9 Å². The van der Waals surface area contributed by atoms with E-state index in [1.54, 1.807) is 23.1 Å². The minimum Gasteiger partial charge on any atom is -0.308 e. The van der Waals surface area contributed by atoms with Gasteiger partial charge in [0.15, 0.2) is 0 Å². The lowest BCUT2D eigenvalue weighted by Crippen LogP contribution is -2.29. The molecule has 1 heterocycles. The lowest BCUT2D eigenvalue weighted by molar-refractivity contribution is 0.0989. The Hall–Kier alpha value is -2.67. The molecule has 0 bridgehead atoms. The quantitative estimate of drug-likeness (QED) is 0.642. The van der Waals surface area contributed by atoms with E-state index >= 15 is 0 Å². The Kier molecular flexibility index (Phi) is 5.64. The van der Waals surface area contributed by atoms with E-state index in [1.807, 2.05) is 49.4 Å². The van der Waals surface area contributed by atoms with Crippen LogP contribution in [0.4, 0.5) is 5.69 Å². The van der Waals surface area contributed by atoms with Gasteiger partial charge in [-0.05, 0) is 54.3 Å². The molecular formula is C23H21ClN2O3S. The van der Waals surface area contributed by atoms with Gasteiger partial charge in [-0.3, -0.25) is 4.79 Å². The van der Waals surface area contributed by atoms with E-state index in [9.17, 15) is 13.2 Å². The van der Waals surface area contributed by atoms with Gasteiger partial charge >= 0.3 is 0 Å². The van der Waals surface area contributed by atoms with Crippen molar-refractivity contribution in [1.29, 1.82) is 0 Å². The SMILES string of the molecule is Cc1ccccc1C(=O)N1CCc2ccc(CNS(=O)(=O)c3ccccc3Cl)cc21. The van der Waals surface area contributed by atoms with Crippen molar-refractivity contribution in [1.82, 2.24) is 4.72 Å². The molecule has 0 aliphatic carbocycles. The number of nitrogens with zero attached hydrogens (tertiary/aromatic N) is 1. The summed E-state index contributed by atoms with van der Waals surface area (Å²) in [5.74, 6) is -0.0411. The molecule has 0 aromatic heterocycles. The van der Waals surface area contributed by atoms with E-state index in [0.717, 1.165) is 28.8 Å². The van der Waals surface area contributed by atoms with Gasteiger partial charge < -0.3 is 4.90 Å². The van der Waals surface area contributed by atoms with Gasteiger partial charge in [0.1, 0.15) is 4.90 Å². The summed E-state index contributed by atoms with van der Waals surface area (Å²) in [6.45, 7) is 2.63. The number of benzene rings is 3. The summed E-state index contributed by atoms with van der Waals surface area (Å²) >= 11 is 6.03. The number of fused-ring (bicyclic) bond motifs is 1. The number of halogens is 1. The Morgan fingerprint density at radius 1 is 1.07 bits per heavy atom. The van der Waals surface area contributed by atoms with E-state index in [1.165, 1.54) is 6.07 Å². The zero-order valence-corrected chi connectivity index (χ0v) is 18.0.